The topological polar surface area (TPSA) is 58.6 Å². The average Bonchev–Trinajstić information content (AvgIpc) is 3.24. The van der Waals surface area contributed by atoms with Crippen LogP contribution in [0.15, 0.2) is 60.0 Å². The molecule has 2 aromatic carbocycles. The fourth-order valence-corrected chi connectivity index (χ4v) is 5.01. The zero-order valence-corrected chi connectivity index (χ0v) is 18.4. The maximum atomic E-state index is 12.7. The number of carbonyl (C=O) groups excluding carboxylic acids is 2. The van der Waals surface area contributed by atoms with Crippen molar-refractivity contribution in [3.05, 3.63) is 71.1 Å². The highest BCUT2D eigenvalue weighted by Gasteiger charge is 2.23. The van der Waals surface area contributed by atoms with Crippen molar-refractivity contribution < 1.29 is 14.3 Å². The molecule has 31 heavy (non-hydrogen) atoms. The van der Waals surface area contributed by atoms with Crippen LogP contribution in [-0.2, 0) is 22.6 Å². The van der Waals surface area contributed by atoms with Crippen LogP contribution in [0.2, 0.25) is 0 Å². The van der Waals surface area contributed by atoms with E-state index >= 15 is 0 Å². The summed E-state index contributed by atoms with van der Waals surface area (Å²) in [4.78, 5) is 26.6. The number of rotatable bonds is 7. The van der Waals surface area contributed by atoms with Gasteiger partial charge in [-0.2, -0.15) is 0 Å². The molecule has 0 bridgehead atoms. The molecule has 1 aliphatic rings. The van der Waals surface area contributed by atoms with Crippen molar-refractivity contribution >= 4 is 33.4 Å². The third-order valence-corrected chi connectivity index (χ3v) is 6.90. The van der Waals surface area contributed by atoms with Crippen molar-refractivity contribution in [3.8, 4) is 0 Å². The lowest BCUT2D eigenvalue weighted by Gasteiger charge is -2.32. The van der Waals surface area contributed by atoms with Crippen LogP contribution >= 0.6 is 11.3 Å². The van der Waals surface area contributed by atoms with E-state index in [4.69, 9.17) is 4.74 Å². The Morgan fingerprint density at radius 2 is 1.77 bits per heavy atom. The quantitative estimate of drug-likeness (QED) is 0.567. The van der Waals surface area contributed by atoms with Gasteiger partial charge in [-0.05, 0) is 53.1 Å². The summed E-state index contributed by atoms with van der Waals surface area (Å²) in [5, 5.41) is 6.31. The van der Waals surface area contributed by atoms with E-state index in [9.17, 15) is 9.59 Å². The third-order valence-electron chi connectivity index (χ3n) is 5.88. The summed E-state index contributed by atoms with van der Waals surface area (Å²) in [7, 11) is 0. The van der Waals surface area contributed by atoms with Gasteiger partial charge in [0.1, 0.15) is 6.61 Å². The first-order chi connectivity index (χ1) is 15.2. The van der Waals surface area contributed by atoms with Gasteiger partial charge < -0.3 is 15.0 Å². The zero-order chi connectivity index (χ0) is 21.5. The number of hydrogen-bond donors (Lipinski definition) is 1. The van der Waals surface area contributed by atoms with E-state index in [1.165, 1.54) is 15.6 Å². The summed E-state index contributed by atoms with van der Waals surface area (Å²) < 4.78 is 6.54. The van der Waals surface area contributed by atoms with E-state index in [1.807, 2.05) is 35.2 Å². The molecule has 0 saturated carbocycles. The molecular weight excluding hydrogens is 408 g/mol. The van der Waals surface area contributed by atoms with E-state index in [0.29, 0.717) is 18.9 Å². The van der Waals surface area contributed by atoms with Gasteiger partial charge in [0.05, 0.1) is 0 Å². The highest BCUT2D eigenvalue weighted by Crippen LogP contribution is 2.27. The predicted octanol–water partition coefficient (Wildman–Crippen LogP) is 5.00. The number of ether oxygens (including phenoxy) is 1. The summed E-state index contributed by atoms with van der Waals surface area (Å²) in [5.41, 5.74) is 2.24. The van der Waals surface area contributed by atoms with E-state index < -0.39 is 0 Å². The van der Waals surface area contributed by atoms with E-state index in [0.717, 1.165) is 37.9 Å². The zero-order valence-electron chi connectivity index (χ0n) is 17.6. The Hall–Kier alpha value is -2.86. The van der Waals surface area contributed by atoms with Crippen LogP contribution in [-0.4, -0.2) is 36.5 Å². The monoisotopic (exact) mass is 436 g/mol. The SMILES string of the molecule is O=C(NCC1CCN(C(=O)CCc2csc3ccccc23)CC1)OCc1ccccc1. The molecular formula is C25H28N2O3S. The number of benzene rings is 2. The molecule has 1 aromatic heterocycles. The molecule has 0 atom stereocenters. The van der Waals surface area contributed by atoms with Gasteiger partial charge in [0.25, 0.3) is 0 Å². The minimum atomic E-state index is -0.384. The molecule has 2 heterocycles. The number of fused-ring (bicyclic) bond motifs is 1. The van der Waals surface area contributed by atoms with Crippen molar-refractivity contribution in [2.75, 3.05) is 19.6 Å². The van der Waals surface area contributed by atoms with Crippen LogP contribution in [0.25, 0.3) is 10.1 Å². The first kappa shape index (κ1) is 21.4. The second-order valence-electron chi connectivity index (χ2n) is 8.02. The average molecular weight is 437 g/mol. The van der Waals surface area contributed by atoms with Crippen LogP contribution in [0.4, 0.5) is 4.79 Å². The normalized spacial score (nSPS) is 14.5. The molecule has 3 aromatic rings. The Morgan fingerprint density at radius 3 is 2.58 bits per heavy atom. The van der Waals surface area contributed by atoms with Gasteiger partial charge in [-0.3, -0.25) is 4.79 Å². The molecule has 1 N–H and O–H groups in total. The Balaban J connectivity index is 1.14. The van der Waals surface area contributed by atoms with E-state index in [1.54, 1.807) is 11.3 Å². The summed E-state index contributed by atoms with van der Waals surface area (Å²) in [6, 6.07) is 18.0. The van der Waals surface area contributed by atoms with Crippen molar-refractivity contribution in [1.82, 2.24) is 10.2 Å². The second-order valence-corrected chi connectivity index (χ2v) is 8.94. The fourth-order valence-electron chi connectivity index (χ4n) is 4.01. The van der Waals surface area contributed by atoms with Crippen molar-refractivity contribution in [3.63, 3.8) is 0 Å². The Kier molecular flexibility index (Phi) is 7.20. The standard InChI is InChI=1S/C25H28N2O3S/c28-24(11-10-21-18-31-23-9-5-4-8-22(21)23)27-14-12-19(13-15-27)16-26-25(29)30-17-20-6-2-1-3-7-20/h1-9,18-19H,10-17H2,(H,26,29). The molecule has 1 fully saturated rings. The van der Waals surface area contributed by atoms with Crippen LogP contribution < -0.4 is 5.32 Å². The van der Waals surface area contributed by atoms with Gasteiger partial charge in [0.15, 0.2) is 0 Å². The summed E-state index contributed by atoms with van der Waals surface area (Å²) >= 11 is 1.74. The maximum Gasteiger partial charge on any atom is 0.407 e. The largest absolute Gasteiger partial charge is 0.445 e. The number of piperidine rings is 1. The number of nitrogens with one attached hydrogen (secondary N) is 1. The van der Waals surface area contributed by atoms with Crippen LogP contribution in [0.3, 0.4) is 0 Å². The van der Waals surface area contributed by atoms with Gasteiger partial charge >= 0.3 is 6.09 Å². The van der Waals surface area contributed by atoms with Gasteiger partial charge in [-0.25, -0.2) is 4.79 Å². The number of aryl methyl sites for hydroxylation is 1. The summed E-state index contributed by atoms with van der Waals surface area (Å²) in [5.74, 6) is 0.609. The maximum absolute atomic E-state index is 12.7. The number of likely N-dealkylation sites (tertiary alicyclic amines) is 1. The Morgan fingerprint density at radius 1 is 1.03 bits per heavy atom. The molecule has 4 rings (SSSR count). The number of nitrogens with zero attached hydrogens (tertiary/aromatic N) is 1. The highest BCUT2D eigenvalue weighted by atomic mass is 32.1. The first-order valence-corrected chi connectivity index (χ1v) is 11.7. The highest BCUT2D eigenvalue weighted by molar-refractivity contribution is 7.17. The lowest BCUT2D eigenvalue weighted by atomic mass is 9.96. The minimum Gasteiger partial charge on any atom is -0.445 e. The fraction of sp³-hybridized carbons (Fsp3) is 0.360. The minimum absolute atomic E-state index is 0.226. The number of hydrogen-bond acceptors (Lipinski definition) is 4. The summed E-state index contributed by atoms with van der Waals surface area (Å²) in [6.45, 7) is 2.39. The molecule has 1 aliphatic heterocycles. The molecule has 2 amide bonds. The second kappa shape index (κ2) is 10.4. The van der Waals surface area contributed by atoms with Crippen molar-refractivity contribution in [1.29, 1.82) is 0 Å². The van der Waals surface area contributed by atoms with Crippen LogP contribution in [0.5, 0.6) is 0 Å². The van der Waals surface area contributed by atoms with E-state index in [2.05, 4.69) is 35.0 Å². The van der Waals surface area contributed by atoms with Crippen LogP contribution in [0, 0.1) is 5.92 Å². The van der Waals surface area contributed by atoms with Gasteiger partial charge in [-0.15, -0.1) is 11.3 Å². The molecule has 5 nitrogen and oxygen atoms in total. The molecule has 1 saturated heterocycles. The summed E-state index contributed by atoms with van der Waals surface area (Å²) in [6.07, 6.45) is 2.77. The molecule has 0 unspecified atom stereocenters. The molecule has 0 spiro atoms. The van der Waals surface area contributed by atoms with E-state index in [-0.39, 0.29) is 18.6 Å². The van der Waals surface area contributed by atoms with Gasteiger partial charge in [0.2, 0.25) is 5.91 Å². The van der Waals surface area contributed by atoms with Crippen LogP contribution in [0.1, 0.15) is 30.4 Å². The molecule has 162 valence electrons. The molecule has 0 radical (unpaired) electrons. The Labute approximate surface area is 187 Å². The lowest BCUT2D eigenvalue weighted by molar-refractivity contribution is -0.132. The number of amides is 2. The van der Waals surface area contributed by atoms with Crippen molar-refractivity contribution in [2.24, 2.45) is 5.92 Å². The first-order valence-electron chi connectivity index (χ1n) is 10.9. The number of alkyl carbamates (subject to hydrolysis) is 1. The molecule has 6 heteroatoms. The third kappa shape index (κ3) is 5.85. The van der Waals surface area contributed by atoms with Gasteiger partial charge in [0, 0.05) is 30.8 Å². The van der Waals surface area contributed by atoms with Crippen molar-refractivity contribution in [2.45, 2.75) is 32.3 Å². The predicted molar refractivity (Wildman–Crippen MR) is 124 cm³/mol. The number of carbonyl (C=O) groups is 2. The lowest BCUT2D eigenvalue weighted by Crippen LogP contribution is -2.41. The number of thiophene rings is 1. The Bertz CT molecular complexity index is 1010. The van der Waals surface area contributed by atoms with Gasteiger partial charge in [-0.1, -0.05) is 48.5 Å². The smallest absolute Gasteiger partial charge is 0.407 e. The molecule has 0 aliphatic carbocycles.